The fourth-order valence-electron chi connectivity index (χ4n) is 0. The van der Waals surface area contributed by atoms with Crippen LogP contribution in [0.2, 0.25) is 0 Å². The van der Waals surface area contributed by atoms with Crippen LogP contribution >= 0.6 is 0 Å². The normalized spacial score (nSPS) is 4.67. The Morgan fingerprint density at radius 2 is 1.11 bits per heavy atom. The third-order valence-electron chi connectivity index (χ3n) is 0.167. The molecule has 5 heteroatoms. The van der Waals surface area contributed by atoms with Crippen molar-refractivity contribution in [2.24, 2.45) is 0 Å². The Kier molecular flexibility index (Phi) is 44.4. The summed E-state index contributed by atoms with van der Waals surface area (Å²) in [6.45, 7) is 2.36. The van der Waals surface area contributed by atoms with Crippen LogP contribution in [0.5, 0.6) is 0 Å². The van der Waals surface area contributed by atoms with Crippen LogP contribution in [0.1, 0.15) is 0 Å². The van der Waals surface area contributed by atoms with Gasteiger partial charge in [-0.3, -0.25) is 0 Å². The maximum Gasteiger partial charge on any atom is 2.00 e. The average molecular weight is 237 g/mol. The van der Waals surface area contributed by atoms with Crippen LogP contribution in [-0.2, 0) is 19.1 Å². The molecular weight excluding hydrogens is 231 g/mol. The smallest absolute Gasteiger partial charge is 0.655 e. The van der Waals surface area contributed by atoms with E-state index in [0.29, 0.717) is 0 Å². The SMILES string of the molecule is CO[C-]=O.CO[C-]=O.[Sn+2]. The van der Waals surface area contributed by atoms with Gasteiger partial charge in [0.25, 0.3) is 0 Å². The van der Waals surface area contributed by atoms with E-state index in [2.05, 4.69) is 9.47 Å². The fraction of sp³-hybridized carbons (Fsp3) is 0.500. The molecule has 0 saturated heterocycles. The molecule has 0 aromatic carbocycles. The molecule has 0 atom stereocenters. The predicted molar refractivity (Wildman–Crippen MR) is 31.2 cm³/mol. The molecule has 0 bridgehead atoms. The second-order valence-electron chi connectivity index (χ2n) is 0.575. The molecule has 0 rings (SSSR count). The Labute approximate surface area is 70.5 Å². The van der Waals surface area contributed by atoms with Gasteiger partial charge in [0.05, 0.1) is 0 Å². The Hall–Kier alpha value is -0.261. The molecule has 0 aliphatic carbocycles. The van der Waals surface area contributed by atoms with Crippen molar-refractivity contribution < 1.29 is 19.1 Å². The van der Waals surface area contributed by atoms with Crippen LogP contribution in [0.15, 0.2) is 0 Å². The van der Waals surface area contributed by atoms with E-state index < -0.39 is 0 Å². The zero-order chi connectivity index (χ0) is 6.83. The average Bonchev–Trinajstić information content (AvgIpc) is 1.88. The zero-order valence-electron chi connectivity index (χ0n) is 5.13. The molecule has 0 heterocycles. The van der Waals surface area contributed by atoms with Crippen molar-refractivity contribution >= 4 is 36.9 Å². The Morgan fingerprint density at radius 3 is 1.11 bits per heavy atom. The zero-order valence-corrected chi connectivity index (χ0v) is 7.99. The first-order chi connectivity index (χ1) is 3.83. The largest absolute Gasteiger partial charge is 2.00 e. The van der Waals surface area contributed by atoms with Crippen LogP contribution in [-0.4, -0.2) is 51.1 Å². The van der Waals surface area contributed by atoms with Crippen molar-refractivity contribution in [3.63, 3.8) is 0 Å². The van der Waals surface area contributed by atoms with Gasteiger partial charge in [0.2, 0.25) is 0 Å². The molecule has 4 nitrogen and oxygen atoms in total. The minimum Gasteiger partial charge on any atom is -0.655 e. The van der Waals surface area contributed by atoms with Crippen molar-refractivity contribution in [3.05, 3.63) is 0 Å². The van der Waals surface area contributed by atoms with E-state index in [0.717, 1.165) is 0 Å². The van der Waals surface area contributed by atoms with E-state index >= 15 is 0 Å². The van der Waals surface area contributed by atoms with Gasteiger partial charge in [0, 0.05) is 14.2 Å². The predicted octanol–water partition coefficient (Wildman–Crippen LogP) is -0.981. The van der Waals surface area contributed by atoms with E-state index in [1.165, 1.54) is 27.2 Å². The quantitative estimate of drug-likeness (QED) is 0.457. The van der Waals surface area contributed by atoms with Gasteiger partial charge in [-0.1, -0.05) is 12.9 Å². The summed E-state index contributed by atoms with van der Waals surface area (Å²) in [5, 5.41) is 0. The van der Waals surface area contributed by atoms with Crippen LogP contribution < -0.4 is 0 Å². The maximum atomic E-state index is 8.83. The van der Waals surface area contributed by atoms with E-state index in [1.807, 2.05) is 0 Å². The van der Waals surface area contributed by atoms with Gasteiger partial charge < -0.3 is 19.1 Å². The van der Waals surface area contributed by atoms with Gasteiger partial charge >= 0.3 is 23.9 Å². The first-order valence-electron chi connectivity index (χ1n) is 1.63. The molecule has 0 aromatic rings. The number of hydrogen-bond donors (Lipinski definition) is 0. The van der Waals surface area contributed by atoms with Gasteiger partial charge in [-0.2, -0.15) is 0 Å². The molecular formula is C4H6O4Sn. The second-order valence-corrected chi connectivity index (χ2v) is 0.575. The summed E-state index contributed by atoms with van der Waals surface area (Å²) >= 11 is 0. The summed E-state index contributed by atoms with van der Waals surface area (Å²) < 4.78 is 7.47. The van der Waals surface area contributed by atoms with Gasteiger partial charge in [0.1, 0.15) is 0 Å². The molecule has 0 unspecified atom stereocenters. The number of hydrogen-bond acceptors (Lipinski definition) is 4. The molecule has 50 valence electrons. The second kappa shape index (κ2) is 25.1. The Morgan fingerprint density at radius 1 is 1.00 bits per heavy atom. The Balaban J connectivity index is -0.0000000720. The van der Waals surface area contributed by atoms with Gasteiger partial charge in [0.15, 0.2) is 0 Å². The topological polar surface area (TPSA) is 52.6 Å². The van der Waals surface area contributed by atoms with Gasteiger partial charge in [-0.15, -0.1) is 0 Å². The first kappa shape index (κ1) is 15.9. The molecule has 0 amide bonds. The summed E-state index contributed by atoms with van der Waals surface area (Å²) in [6.07, 6.45) is 0. The summed E-state index contributed by atoms with van der Waals surface area (Å²) in [5.41, 5.74) is 0. The van der Waals surface area contributed by atoms with E-state index in [9.17, 15) is 0 Å². The molecule has 0 aliphatic heterocycles. The summed E-state index contributed by atoms with van der Waals surface area (Å²) in [6, 6.07) is 0. The number of rotatable bonds is 2. The number of carbonyl (C=O) groups excluding carboxylic acids is 2. The van der Waals surface area contributed by atoms with Crippen LogP contribution in [0, 0.1) is 0 Å². The molecule has 0 saturated carbocycles. The number of ether oxygens (including phenoxy) is 2. The van der Waals surface area contributed by atoms with Crippen molar-refractivity contribution in [3.8, 4) is 0 Å². The minimum atomic E-state index is 0. The summed E-state index contributed by atoms with van der Waals surface area (Å²) in [5.74, 6) is 0. The fourth-order valence-corrected chi connectivity index (χ4v) is 0. The number of methoxy groups -OCH3 is 2. The molecule has 0 aliphatic rings. The van der Waals surface area contributed by atoms with Crippen LogP contribution in [0.4, 0.5) is 0 Å². The van der Waals surface area contributed by atoms with Gasteiger partial charge in [-0.25, -0.2) is 0 Å². The molecule has 0 N–H and O–H groups in total. The third kappa shape index (κ3) is 84.3. The van der Waals surface area contributed by atoms with Crippen molar-refractivity contribution in [2.45, 2.75) is 0 Å². The monoisotopic (exact) mass is 238 g/mol. The Bertz CT molecular complexity index is 48.5. The van der Waals surface area contributed by atoms with E-state index in [-0.39, 0.29) is 23.9 Å². The van der Waals surface area contributed by atoms with Crippen molar-refractivity contribution in [1.29, 1.82) is 0 Å². The third-order valence-corrected chi connectivity index (χ3v) is 0.167. The van der Waals surface area contributed by atoms with Crippen LogP contribution in [0.25, 0.3) is 0 Å². The van der Waals surface area contributed by atoms with Crippen molar-refractivity contribution in [1.82, 2.24) is 0 Å². The van der Waals surface area contributed by atoms with E-state index in [4.69, 9.17) is 9.59 Å². The van der Waals surface area contributed by atoms with E-state index in [1.54, 1.807) is 0 Å². The van der Waals surface area contributed by atoms with Crippen molar-refractivity contribution in [2.75, 3.05) is 14.2 Å². The van der Waals surface area contributed by atoms with Crippen LogP contribution in [0.3, 0.4) is 0 Å². The molecule has 2 radical (unpaired) electrons. The van der Waals surface area contributed by atoms with Gasteiger partial charge in [-0.05, 0) is 0 Å². The maximum absolute atomic E-state index is 8.83. The standard InChI is InChI=1S/2C2H3O2.Sn/c2*1-4-2-3;/h2*1H3;/q2*-1;+2. The molecule has 0 fully saturated rings. The molecule has 9 heavy (non-hydrogen) atoms. The molecule has 0 aromatic heterocycles. The minimum absolute atomic E-state index is 0. The summed E-state index contributed by atoms with van der Waals surface area (Å²) in [7, 11) is 2.51. The first-order valence-corrected chi connectivity index (χ1v) is 1.63. The summed E-state index contributed by atoms with van der Waals surface area (Å²) in [4.78, 5) is 17.7. The molecule has 0 spiro atoms.